The maximum Gasteiger partial charge on any atom is 0.173 e. The summed E-state index contributed by atoms with van der Waals surface area (Å²) in [4.78, 5) is 4.51. The number of hydrogen-bond donors (Lipinski definition) is 1. The lowest BCUT2D eigenvalue weighted by Gasteiger charge is -2.36. The number of nitrogens with zero attached hydrogens (tertiary/aromatic N) is 2. The van der Waals surface area contributed by atoms with E-state index in [1.54, 1.807) is 0 Å². The highest BCUT2D eigenvalue weighted by atomic mass is 35.5. The van der Waals surface area contributed by atoms with Crippen LogP contribution in [0.3, 0.4) is 0 Å². The maximum absolute atomic E-state index is 6.14. The molecule has 0 spiro atoms. The predicted molar refractivity (Wildman–Crippen MR) is 134 cm³/mol. The summed E-state index contributed by atoms with van der Waals surface area (Å²) in [6, 6.07) is 8.12. The molecule has 30 heavy (non-hydrogen) atoms. The van der Waals surface area contributed by atoms with Crippen LogP contribution in [0.1, 0.15) is 51.4 Å². The second-order valence-electron chi connectivity index (χ2n) is 8.31. The van der Waals surface area contributed by atoms with E-state index < -0.39 is 0 Å². The van der Waals surface area contributed by atoms with Gasteiger partial charge in [0.15, 0.2) is 5.11 Å². The van der Waals surface area contributed by atoms with Crippen LogP contribution in [0.25, 0.3) is 0 Å². The zero-order chi connectivity index (χ0) is 21.8. The molecule has 1 aliphatic carbocycles. The largest absolute Gasteiger partial charge is 0.378 e. The molecule has 0 atom stereocenters. The van der Waals surface area contributed by atoms with E-state index in [1.165, 1.54) is 25.7 Å². The smallest absolute Gasteiger partial charge is 0.173 e. The zero-order valence-electron chi connectivity index (χ0n) is 18.6. The molecule has 0 aromatic heterocycles. The minimum Gasteiger partial charge on any atom is -0.378 e. The molecule has 1 fully saturated rings. The van der Waals surface area contributed by atoms with Crippen molar-refractivity contribution in [3.05, 3.63) is 41.9 Å². The Morgan fingerprint density at radius 2 is 1.80 bits per heavy atom. The average Bonchev–Trinajstić information content (AvgIpc) is 2.74. The molecule has 1 N–H and O–H groups in total. The fourth-order valence-electron chi connectivity index (χ4n) is 3.91. The van der Waals surface area contributed by atoms with Gasteiger partial charge in [-0.2, -0.15) is 0 Å². The fraction of sp³-hybridized carbons (Fsp3) is 0.625. The van der Waals surface area contributed by atoms with Crippen LogP contribution in [0.15, 0.2) is 36.9 Å². The van der Waals surface area contributed by atoms with Gasteiger partial charge in [0.05, 0.1) is 6.10 Å². The third kappa shape index (κ3) is 9.34. The van der Waals surface area contributed by atoms with E-state index in [-0.39, 0.29) is 0 Å². The Kier molecular flexibility index (Phi) is 11.7. The van der Waals surface area contributed by atoms with Crippen LogP contribution in [0.5, 0.6) is 0 Å². The third-order valence-electron chi connectivity index (χ3n) is 5.84. The van der Waals surface area contributed by atoms with Crippen LogP contribution in [-0.4, -0.2) is 60.8 Å². The van der Waals surface area contributed by atoms with Crippen molar-refractivity contribution in [2.24, 2.45) is 0 Å². The van der Waals surface area contributed by atoms with Gasteiger partial charge in [0, 0.05) is 37.0 Å². The van der Waals surface area contributed by atoms with Crippen molar-refractivity contribution in [3.63, 3.8) is 0 Å². The number of nitrogens with one attached hydrogen (secondary N) is 1. The van der Waals surface area contributed by atoms with Gasteiger partial charge in [0.1, 0.15) is 0 Å². The highest BCUT2D eigenvalue weighted by molar-refractivity contribution is 7.80. The van der Waals surface area contributed by atoms with Gasteiger partial charge in [-0.15, -0.1) is 6.58 Å². The highest BCUT2D eigenvalue weighted by Gasteiger charge is 2.25. The molecule has 1 saturated carbocycles. The van der Waals surface area contributed by atoms with Crippen LogP contribution in [0.4, 0.5) is 5.69 Å². The lowest BCUT2D eigenvalue weighted by Crippen LogP contribution is -2.42. The molecule has 1 aromatic rings. The first-order chi connectivity index (χ1) is 14.5. The Bertz CT molecular complexity index is 632. The lowest BCUT2D eigenvalue weighted by molar-refractivity contribution is 0.0149. The van der Waals surface area contributed by atoms with Gasteiger partial charge < -0.3 is 19.9 Å². The van der Waals surface area contributed by atoms with E-state index >= 15 is 0 Å². The second-order valence-corrected chi connectivity index (χ2v) is 9.14. The van der Waals surface area contributed by atoms with Crippen molar-refractivity contribution in [1.82, 2.24) is 9.80 Å². The molecule has 1 aromatic carbocycles. The van der Waals surface area contributed by atoms with E-state index in [1.807, 2.05) is 30.3 Å². The van der Waals surface area contributed by atoms with Crippen LogP contribution in [-0.2, 0) is 4.74 Å². The highest BCUT2D eigenvalue weighted by Crippen LogP contribution is 2.25. The van der Waals surface area contributed by atoms with E-state index in [0.29, 0.717) is 12.1 Å². The Balaban J connectivity index is 1.55. The van der Waals surface area contributed by atoms with Crippen LogP contribution >= 0.6 is 23.8 Å². The Hall–Kier alpha value is -1.14. The quantitative estimate of drug-likeness (QED) is 0.240. The molecule has 6 heteroatoms. The van der Waals surface area contributed by atoms with Crippen LogP contribution in [0, 0.1) is 0 Å². The van der Waals surface area contributed by atoms with Crippen molar-refractivity contribution in [1.29, 1.82) is 0 Å². The van der Waals surface area contributed by atoms with Crippen molar-refractivity contribution in [2.45, 2.75) is 63.5 Å². The van der Waals surface area contributed by atoms with Gasteiger partial charge in [-0.05, 0) is 88.6 Å². The molecular weight excluding hydrogens is 414 g/mol. The Morgan fingerprint density at radius 3 is 2.47 bits per heavy atom. The normalized spacial score (nSPS) is 18.9. The molecule has 0 amide bonds. The van der Waals surface area contributed by atoms with E-state index in [4.69, 9.17) is 28.6 Å². The SMILES string of the molecule is C=CCN(C)CCCCCCO[C@H]1CC[C@H](N(C)C(=S)Nc2ccc(Cl)cc2)CC1. The van der Waals surface area contributed by atoms with Crippen LogP contribution < -0.4 is 5.32 Å². The molecule has 0 unspecified atom stereocenters. The van der Waals surface area contributed by atoms with Crippen LogP contribution in [0.2, 0.25) is 5.02 Å². The summed E-state index contributed by atoms with van der Waals surface area (Å²) < 4.78 is 6.14. The first-order valence-electron chi connectivity index (χ1n) is 11.2. The van der Waals surface area contributed by atoms with Crippen molar-refractivity contribution >= 4 is 34.6 Å². The number of halogens is 1. The van der Waals surface area contributed by atoms with E-state index in [0.717, 1.165) is 61.2 Å². The van der Waals surface area contributed by atoms with Crippen molar-refractivity contribution in [2.75, 3.05) is 39.1 Å². The number of rotatable bonds is 12. The third-order valence-corrected chi connectivity index (χ3v) is 6.48. The number of hydrogen-bond acceptors (Lipinski definition) is 3. The molecule has 0 saturated heterocycles. The van der Waals surface area contributed by atoms with Gasteiger partial charge in [-0.1, -0.05) is 30.5 Å². The minimum atomic E-state index is 0.408. The molecule has 0 aliphatic heterocycles. The van der Waals surface area contributed by atoms with Gasteiger partial charge in [-0.3, -0.25) is 0 Å². The summed E-state index contributed by atoms with van der Waals surface area (Å²) >= 11 is 11.5. The number of unbranched alkanes of at least 4 members (excludes halogenated alkanes) is 3. The molecule has 4 nitrogen and oxygen atoms in total. The summed E-state index contributed by atoms with van der Waals surface area (Å²) in [5.41, 5.74) is 0.973. The van der Waals surface area contributed by atoms with Gasteiger partial charge in [0.2, 0.25) is 0 Å². The number of likely N-dealkylation sites (N-methyl/N-ethyl adjacent to an activating group) is 1. The molecule has 2 rings (SSSR count). The van der Waals surface area contributed by atoms with Crippen molar-refractivity contribution in [3.8, 4) is 0 Å². The first kappa shape index (κ1) is 25.1. The topological polar surface area (TPSA) is 27.7 Å². The fourth-order valence-corrected chi connectivity index (χ4v) is 4.30. The summed E-state index contributed by atoms with van der Waals surface area (Å²) in [6.45, 7) is 6.80. The molecule has 0 bridgehead atoms. The minimum absolute atomic E-state index is 0.408. The number of thiocarbonyl (C=S) groups is 1. The summed E-state index contributed by atoms with van der Waals surface area (Å²) in [6.07, 6.45) is 11.8. The number of benzene rings is 1. The van der Waals surface area contributed by atoms with Gasteiger partial charge >= 0.3 is 0 Å². The lowest BCUT2D eigenvalue weighted by atomic mass is 9.92. The van der Waals surface area contributed by atoms with Gasteiger partial charge in [-0.25, -0.2) is 0 Å². The van der Waals surface area contributed by atoms with E-state index in [2.05, 4.69) is 35.8 Å². The number of anilines is 1. The molecule has 0 radical (unpaired) electrons. The van der Waals surface area contributed by atoms with E-state index in [9.17, 15) is 0 Å². The molecule has 168 valence electrons. The Morgan fingerprint density at radius 1 is 1.13 bits per heavy atom. The predicted octanol–water partition coefficient (Wildman–Crippen LogP) is 5.97. The summed E-state index contributed by atoms with van der Waals surface area (Å²) in [5.74, 6) is 0. The van der Waals surface area contributed by atoms with Crippen molar-refractivity contribution < 1.29 is 4.74 Å². The number of ether oxygens (including phenoxy) is 1. The summed E-state index contributed by atoms with van der Waals surface area (Å²) in [5, 5.41) is 4.80. The summed E-state index contributed by atoms with van der Waals surface area (Å²) in [7, 11) is 4.24. The average molecular weight is 452 g/mol. The Labute approximate surface area is 193 Å². The second kappa shape index (κ2) is 14.0. The monoisotopic (exact) mass is 451 g/mol. The standard InChI is InChI=1S/C24H38ClN3OS/c1-4-17-27(2)18-7-5-6-8-19-29-23-15-13-22(14-16-23)28(3)24(30)26-21-11-9-20(25)10-12-21/h4,9-12,22-23H,1,5-8,13-19H2,2-3H3,(H,26,30)/t22-,23-. The zero-order valence-corrected chi connectivity index (χ0v) is 20.2. The molecule has 0 heterocycles. The molecule has 1 aliphatic rings. The first-order valence-corrected chi connectivity index (χ1v) is 12.0. The maximum atomic E-state index is 6.14. The molecular formula is C24H38ClN3OS. The van der Waals surface area contributed by atoms with Gasteiger partial charge in [0.25, 0.3) is 0 Å².